The molecule has 1 unspecified atom stereocenters. The molecule has 34 heavy (non-hydrogen) atoms. The van der Waals surface area contributed by atoms with Crippen LogP contribution in [0.5, 0.6) is 5.75 Å². The molecule has 3 rings (SSSR count). The summed E-state index contributed by atoms with van der Waals surface area (Å²) in [7, 11) is -1.89. The van der Waals surface area contributed by atoms with Crippen LogP contribution in [0.4, 0.5) is 5.69 Å². The minimum Gasteiger partial charge on any atom is -0.481 e. The number of rotatable bonds is 8. The van der Waals surface area contributed by atoms with Crippen LogP contribution in [0.1, 0.15) is 39.1 Å². The first kappa shape index (κ1) is 25.2. The van der Waals surface area contributed by atoms with E-state index in [2.05, 4.69) is 36.2 Å². The van der Waals surface area contributed by atoms with E-state index in [-0.39, 0.29) is 23.8 Å². The predicted molar refractivity (Wildman–Crippen MR) is 130 cm³/mol. The molecule has 1 heterocycles. The average Bonchev–Trinajstić information content (AvgIpc) is 3.25. The van der Waals surface area contributed by atoms with Crippen molar-refractivity contribution < 1.29 is 22.5 Å². The Hall–Kier alpha value is -3.40. The fourth-order valence-electron chi connectivity index (χ4n) is 3.05. The Labute approximate surface area is 200 Å². The molecular formula is C24H30N4O5S. The maximum absolute atomic E-state index is 12.4. The first-order chi connectivity index (χ1) is 15.8. The second kappa shape index (κ2) is 9.84. The van der Waals surface area contributed by atoms with E-state index < -0.39 is 16.1 Å². The Balaban J connectivity index is 1.54. The van der Waals surface area contributed by atoms with Crippen molar-refractivity contribution in [1.29, 1.82) is 0 Å². The van der Waals surface area contributed by atoms with Gasteiger partial charge in [-0.25, -0.2) is 8.42 Å². The summed E-state index contributed by atoms with van der Waals surface area (Å²) in [6.07, 6.45) is 0.338. The van der Waals surface area contributed by atoms with Gasteiger partial charge in [0.15, 0.2) is 6.10 Å². The molecule has 0 aliphatic heterocycles. The number of hydrogen-bond acceptors (Lipinski definition) is 7. The van der Waals surface area contributed by atoms with E-state index >= 15 is 0 Å². The summed E-state index contributed by atoms with van der Waals surface area (Å²) in [5.41, 5.74) is 2.58. The highest BCUT2D eigenvalue weighted by Gasteiger charge is 2.18. The molecule has 10 heteroatoms. The zero-order valence-corrected chi connectivity index (χ0v) is 21.0. The molecule has 0 aliphatic carbocycles. The van der Waals surface area contributed by atoms with Gasteiger partial charge in [0.1, 0.15) is 5.75 Å². The second-order valence-electron chi connectivity index (χ2n) is 9.04. The summed E-state index contributed by atoms with van der Waals surface area (Å²) < 4.78 is 35.3. The van der Waals surface area contributed by atoms with Crippen LogP contribution in [0.15, 0.2) is 53.1 Å². The van der Waals surface area contributed by atoms with E-state index in [1.54, 1.807) is 31.2 Å². The smallest absolute Gasteiger partial charge is 0.261 e. The van der Waals surface area contributed by atoms with Gasteiger partial charge in [0, 0.05) is 12.6 Å². The number of hydrogen-bond donors (Lipinski definition) is 1. The van der Waals surface area contributed by atoms with Crippen molar-refractivity contribution in [1.82, 2.24) is 15.5 Å². The maximum Gasteiger partial charge on any atom is 0.261 e. The molecule has 1 aromatic heterocycles. The van der Waals surface area contributed by atoms with Crippen LogP contribution in [-0.2, 0) is 26.8 Å². The van der Waals surface area contributed by atoms with Crippen molar-refractivity contribution in [2.45, 2.75) is 45.8 Å². The maximum atomic E-state index is 12.4. The molecule has 1 N–H and O–H groups in total. The van der Waals surface area contributed by atoms with E-state index in [0.717, 1.165) is 16.1 Å². The monoisotopic (exact) mass is 486 g/mol. The van der Waals surface area contributed by atoms with Crippen LogP contribution in [0.3, 0.4) is 0 Å². The zero-order valence-electron chi connectivity index (χ0n) is 20.2. The van der Waals surface area contributed by atoms with E-state index in [9.17, 15) is 13.2 Å². The third-order valence-electron chi connectivity index (χ3n) is 5.27. The van der Waals surface area contributed by atoms with Crippen LogP contribution >= 0.6 is 0 Å². The minimum absolute atomic E-state index is 0.0541. The topological polar surface area (TPSA) is 115 Å². The summed E-state index contributed by atoms with van der Waals surface area (Å²) in [4.78, 5) is 16.8. The van der Waals surface area contributed by atoms with Gasteiger partial charge in [-0.2, -0.15) is 4.98 Å². The number of carbonyl (C=O) groups is 1. The molecule has 0 saturated heterocycles. The number of nitrogens with one attached hydrogen (secondary N) is 1. The molecule has 0 aliphatic rings. The SMILES string of the molecule is CC(Oc1ccc(N(C)S(C)(=O)=O)cc1)C(=O)NCc1nc(-c2ccc(C(C)(C)C)cc2)no1. The van der Waals surface area contributed by atoms with Gasteiger partial charge in [-0.15, -0.1) is 0 Å². The molecule has 182 valence electrons. The minimum atomic E-state index is -3.35. The van der Waals surface area contributed by atoms with Crippen LogP contribution in [-0.4, -0.2) is 43.9 Å². The fourth-order valence-corrected chi connectivity index (χ4v) is 3.56. The van der Waals surface area contributed by atoms with Crippen LogP contribution in [0.2, 0.25) is 0 Å². The second-order valence-corrected chi connectivity index (χ2v) is 11.1. The summed E-state index contributed by atoms with van der Waals surface area (Å²) in [5, 5.41) is 6.71. The zero-order chi connectivity index (χ0) is 25.1. The molecule has 3 aromatic rings. The number of aromatic nitrogens is 2. The summed E-state index contributed by atoms with van der Waals surface area (Å²) in [6, 6.07) is 14.4. The number of ether oxygens (including phenoxy) is 1. The summed E-state index contributed by atoms with van der Waals surface area (Å²) >= 11 is 0. The number of sulfonamides is 1. The largest absolute Gasteiger partial charge is 0.481 e. The highest BCUT2D eigenvalue weighted by atomic mass is 32.2. The van der Waals surface area contributed by atoms with Crippen LogP contribution in [0.25, 0.3) is 11.4 Å². The van der Waals surface area contributed by atoms with Crippen LogP contribution in [0, 0.1) is 0 Å². The van der Waals surface area contributed by atoms with Gasteiger partial charge in [-0.05, 0) is 42.2 Å². The summed E-state index contributed by atoms with van der Waals surface area (Å²) in [6.45, 7) is 8.12. The number of anilines is 1. The lowest BCUT2D eigenvalue weighted by Gasteiger charge is -2.18. The number of benzene rings is 2. The lowest BCUT2D eigenvalue weighted by molar-refractivity contribution is -0.127. The lowest BCUT2D eigenvalue weighted by Crippen LogP contribution is -2.36. The van der Waals surface area contributed by atoms with Crippen molar-refractivity contribution >= 4 is 21.6 Å². The molecule has 9 nitrogen and oxygen atoms in total. The Kier molecular flexibility index (Phi) is 7.30. The third-order valence-corrected chi connectivity index (χ3v) is 6.48. The van der Waals surface area contributed by atoms with Crippen molar-refractivity contribution in [2.75, 3.05) is 17.6 Å². The Morgan fingerprint density at radius 3 is 2.29 bits per heavy atom. The molecule has 0 saturated carbocycles. The molecule has 1 amide bonds. The fraction of sp³-hybridized carbons (Fsp3) is 0.375. The molecule has 0 radical (unpaired) electrons. The Morgan fingerprint density at radius 1 is 1.12 bits per heavy atom. The molecule has 0 fully saturated rings. The van der Waals surface area contributed by atoms with E-state index in [1.807, 2.05) is 24.3 Å². The molecule has 2 aromatic carbocycles. The predicted octanol–water partition coefficient (Wildman–Crippen LogP) is 3.51. The van der Waals surface area contributed by atoms with Gasteiger partial charge in [0.25, 0.3) is 5.91 Å². The van der Waals surface area contributed by atoms with Crippen LogP contribution < -0.4 is 14.4 Å². The Morgan fingerprint density at radius 2 is 1.74 bits per heavy atom. The third kappa shape index (κ3) is 6.34. The van der Waals surface area contributed by atoms with E-state index in [1.165, 1.54) is 12.6 Å². The van der Waals surface area contributed by atoms with Crippen molar-refractivity contribution in [2.24, 2.45) is 0 Å². The van der Waals surface area contributed by atoms with Gasteiger partial charge in [-0.1, -0.05) is 50.2 Å². The summed E-state index contributed by atoms with van der Waals surface area (Å²) in [5.74, 6) is 0.815. The van der Waals surface area contributed by atoms with Gasteiger partial charge >= 0.3 is 0 Å². The molecule has 0 bridgehead atoms. The van der Waals surface area contributed by atoms with Gasteiger partial charge in [0.05, 0.1) is 18.5 Å². The van der Waals surface area contributed by atoms with Gasteiger partial charge in [0.2, 0.25) is 21.7 Å². The Bertz CT molecular complexity index is 1230. The van der Waals surface area contributed by atoms with Gasteiger partial charge < -0.3 is 14.6 Å². The lowest BCUT2D eigenvalue weighted by atomic mass is 9.87. The molecule has 1 atom stereocenters. The molecular weight excluding hydrogens is 456 g/mol. The van der Waals surface area contributed by atoms with Crippen molar-refractivity contribution in [3.8, 4) is 17.1 Å². The highest BCUT2D eigenvalue weighted by Crippen LogP contribution is 2.25. The van der Waals surface area contributed by atoms with Crippen molar-refractivity contribution in [3.05, 3.63) is 60.0 Å². The average molecular weight is 487 g/mol. The first-order valence-electron chi connectivity index (χ1n) is 10.8. The van der Waals surface area contributed by atoms with Gasteiger partial charge in [-0.3, -0.25) is 9.10 Å². The number of carbonyl (C=O) groups excluding carboxylic acids is 1. The quantitative estimate of drug-likeness (QED) is 0.518. The standard InChI is InChI=1S/C24H30N4O5S/c1-16(32-20-13-11-19(12-14-20)28(5)34(6,30)31)23(29)25-15-21-26-22(27-33-21)17-7-9-18(10-8-17)24(2,3)4/h7-14,16H,15H2,1-6H3,(H,25,29). The number of amides is 1. The first-order valence-corrected chi connectivity index (χ1v) is 12.6. The number of nitrogens with zero attached hydrogens (tertiary/aromatic N) is 3. The van der Waals surface area contributed by atoms with Crippen molar-refractivity contribution in [3.63, 3.8) is 0 Å². The van der Waals surface area contributed by atoms with E-state index in [0.29, 0.717) is 17.3 Å². The molecule has 0 spiro atoms. The van der Waals surface area contributed by atoms with E-state index in [4.69, 9.17) is 9.26 Å². The normalized spacial score (nSPS) is 12.8. The highest BCUT2D eigenvalue weighted by molar-refractivity contribution is 7.92.